The normalized spacial score (nSPS) is 13.3. The van der Waals surface area contributed by atoms with Crippen LogP contribution >= 0.6 is 11.6 Å². The fraction of sp³-hybridized carbons (Fsp3) is 0.231. The lowest BCUT2D eigenvalue weighted by atomic mass is 10.0. The third kappa shape index (κ3) is 5.09. The van der Waals surface area contributed by atoms with Crippen molar-refractivity contribution in [2.75, 3.05) is 34.8 Å². The van der Waals surface area contributed by atoms with Gasteiger partial charge in [-0.2, -0.15) is 5.26 Å². The molecule has 0 unspecified atom stereocenters. The Kier molecular flexibility index (Phi) is 7.75. The molecule has 0 fully saturated rings. The zero-order chi connectivity index (χ0) is 27.6. The quantitative estimate of drug-likeness (QED) is 0.339. The molecule has 196 valence electrons. The van der Waals surface area contributed by atoms with Gasteiger partial charge in [0.1, 0.15) is 17.5 Å². The number of hydrogen-bond donors (Lipinski definition) is 3. The van der Waals surface area contributed by atoms with Gasteiger partial charge < -0.3 is 15.7 Å². The molecule has 0 spiro atoms. The molecule has 0 saturated heterocycles. The van der Waals surface area contributed by atoms with E-state index in [1.807, 2.05) is 6.07 Å². The first kappa shape index (κ1) is 26.8. The first-order valence-electron chi connectivity index (χ1n) is 11.7. The monoisotopic (exact) mass is 540 g/mol. The number of benzene rings is 2. The predicted molar refractivity (Wildman–Crippen MR) is 140 cm³/mol. The van der Waals surface area contributed by atoms with Gasteiger partial charge >= 0.3 is 12.0 Å². The summed E-state index contributed by atoms with van der Waals surface area (Å²) in [6, 6.07) is 8.65. The Balaban J connectivity index is 1.78. The topological polar surface area (TPSA) is 122 Å². The first-order chi connectivity index (χ1) is 18.2. The molecular formula is C26H23ClF2N6O3. The van der Waals surface area contributed by atoms with Gasteiger partial charge in [-0.05, 0) is 44.2 Å². The molecule has 0 aliphatic carbocycles. The van der Waals surface area contributed by atoms with E-state index < -0.39 is 35.4 Å². The second-order valence-corrected chi connectivity index (χ2v) is 8.90. The number of carbonyl (C=O) groups is 2. The summed E-state index contributed by atoms with van der Waals surface area (Å²) in [7, 11) is 0. The number of pyridine rings is 1. The molecule has 9 nitrogen and oxygen atoms in total. The van der Waals surface area contributed by atoms with Crippen LogP contribution in [0.3, 0.4) is 0 Å². The van der Waals surface area contributed by atoms with Crippen molar-refractivity contribution in [1.82, 2.24) is 10.3 Å². The van der Waals surface area contributed by atoms with E-state index in [1.165, 1.54) is 30.2 Å². The molecule has 38 heavy (non-hydrogen) atoms. The van der Waals surface area contributed by atoms with Crippen LogP contribution in [0.4, 0.5) is 36.5 Å². The second-order valence-electron chi connectivity index (χ2n) is 8.46. The van der Waals surface area contributed by atoms with Crippen molar-refractivity contribution in [3.05, 3.63) is 64.8 Å². The Morgan fingerprint density at radius 1 is 1.18 bits per heavy atom. The number of nitriles is 1. The number of fused-ring (bicyclic) bond motifs is 3. The van der Waals surface area contributed by atoms with Crippen molar-refractivity contribution in [3.63, 3.8) is 0 Å². The molecule has 2 aromatic carbocycles. The fourth-order valence-electron chi connectivity index (χ4n) is 4.14. The highest BCUT2D eigenvalue weighted by Crippen LogP contribution is 2.45. The third-order valence-electron chi connectivity index (χ3n) is 6.00. The van der Waals surface area contributed by atoms with Crippen molar-refractivity contribution < 1.29 is 23.5 Å². The summed E-state index contributed by atoms with van der Waals surface area (Å²) < 4.78 is 31.1. The number of carboxylic acid groups (broad SMARTS) is 1. The maximum atomic E-state index is 15.6. The highest BCUT2D eigenvalue weighted by atomic mass is 35.5. The van der Waals surface area contributed by atoms with Crippen molar-refractivity contribution in [2.24, 2.45) is 0 Å². The highest BCUT2D eigenvalue weighted by Gasteiger charge is 2.36. The van der Waals surface area contributed by atoms with Crippen molar-refractivity contribution >= 4 is 46.5 Å². The van der Waals surface area contributed by atoms with Crippen LogP contribution in [-0.2, 0) is 4.79 Å². The summed E-state index contributed by atoms with van der Waals surface area (Å²) in [5.41, 5.74) is 0.651. The van der Waals surface area contributed by atoms with Crippen molar-refractivity contribution in [2.45, 2.75) is 19.9 Å². The maximum absolute atomic E-state index is 15.6. The number of rotatable bonds is 8. The summed E-state index contributed by atoms with van der Waals surface area (Å²) in [6.45, 7) is 3.74. The van der Waals surface area contributed by atoms with Gasteiger partial charge in [-0.25, -0.2) is 18.6 Å². The second kappa shape index (κ2) is 11.0. The van der Waals surface area contributed by atoms with Crippen LogP contribution in [0.1, 0.15) is 19.4 Å². The van der Waals surface area contributed by atoms with Gasteiger partial charge in [0.15, 0.2) is 11.6 Å². The number of nitrogens with one attached hydrogen (secondary N) is 2. The van der Waals surface area contributed by atoms with Gasteiger partial charge in [0.25, 0.3) is 0 Å². The Bertz CT molecular complexity index is 1440. The summed E-state index contributed by atoms with van der Waals surface area (Å²) in [4.78, 5) is 31.2. The van der Waals surface area contributed by atoms with E-state index in [-0.39, 0.29) is 42.4 Å². The van der Waals surface area contributed by atoms with E-state index in [0.29, 0.717) is 16.1 Å². The molecule has 1 aliphatic rings. The van der Waals surface area contributed by atoms with Crippen LogP contribution in [-0.4, -0.2) is 47.8 Å². The fourth-order valence-corrected chi connectivity index (χ4v) is 4.30. The van der Waals surface area contributed by atoms with Gasteiger partial charge in [-0.3, -0.25) is 14.6 Å². The number of aromatic nitrogens is 1. The molecule has 0 saturated carbocycles. The van der Waals surface area contributed by atoms with Gasteiger partial charge in [-0.1, -0.05) is 17.7 Å². The van der Waals surface area contributed by atoms with E-state index in [0.717, 1.165) is 17.0 Å². The Hall–Kier alpha value is -4.27. The van der Waals surface area contributed by atoms with Gasteiger partial charge in [-0.15, -0.1) is 0 Å². The number of halogens is 3. The number of amides is 2. The average molecular weight is 541 g/mol. The number of carbonyl (C=O) groups excluding carboxylic acids is 1. The van der Waals surface area contributed by atoms with E-state index in [9.17, 15) is 14.9 Å². The summed E-state index contributed by atoms with van der Waals surface area (Å²) in [5, 5.41) is 24.3. The van der Waals surface area contributed by atoms with Crippen LogP contribution in [0.2, 0.25) is 5.02 Å². The average Bonchev–Trinajstić information content (AvgIpc) is 2.98. The summed E-state index contributed by atoms with van der Waals surface area (Å²) in [6.07, 6.45) is 1.38. The van der Waals surface area contributed by atoms with E-state index in [4.69, 9.17) is 16.7 Å². The number of anilines is 4. The van der Waals surface area contributed by atoms with Crippen LogP contribution in [0.25, 0.3) is 11.1 Å². The Morgan fingerprint density at radius 2 is 1.89 bits per heavy atom. The molecule has 3 aromatic rings. The molecule has 4 rings (SSSR count). The molecule has 0 bridgehead atoms. The lowest BCUT2D eigenvalue weighted by Gasteiger charge is -2.28. The molecule has 3 N–H and O–H groups in total. The standard InChI is InChI=1S/C26H23ClF2N6O3/c1-3-34-24-19(9-16(27)13-33-24)18-5-4-15(12-30)8-22(18)35(26(34)38)23-20(28)10-17(11-21(23)29)32-7-6-31-14(2)25(36)37/h4-5,8-11,13-14,31-32H,3,6-7H2,1-2H3,(H,36,37)/t14-/m1/s1. The van der Waals surface area contributed by atoms with Gasteiger partial charge in [0.05, 0.1) is 22.3 Å². The minimum absolute atomic E-state index is 0.0979. The van der Waals surface area contributed by atoms with Gasteiger partial charge in [0, 0.05) is 42.6 Å². The maximum Gasteiger partial charge on any atom is 0.334 e. The predicted octanol–water partition coefficient (Wildman–Crippen LogP) is 5.12. The molecule has 0 radical (unpaired) electrons. The number of aliphatic carboxylic acids is 1. The number of urea groups is 1. The highest BCUT2D eigenvalue weighted by molar-refractivity contribution is 6.31. The minimum Gasteiger partial charge on any atom is -0.480 e. The SMILES string of the molecule is CCN1C(=O)N(c2c(F)cc(NCCN[C@H](C)C(=O)O)cc2F)c2cc(C#N)ccc2-c2cc(Cl)cnc21. The van der Waals surface area contributed by atoms with Gasteiger partial charge in [0.2, 0.25) is 0 Å². The first-order valence-corrected chi connectivity index (χ1v) is 12.0. The molecular weight excluding hydrogens is 518 g/mol. The van der Waals surface area contributed by atoms with E-state index in [2.05, 4.69) is 15.6 Å². The van der Waals surface area contributed by atoms with E-state index >= 15 is 8.78 Å². The number of nitrogens with zero attached hydrogens (tertiary/aromatic N) is 4. The zero-order valence-electron chi connectivity index (χ0n) is 20.4. The Morgan fingerprint density at radius 3 is 2.53 bits per heavy atom. The zero-order valence-corrected chi connectivity index (χ0v) is 21.2. The lowest BCUT2D eigenvalue weighted by molar-refractivity contribution is -0.138. The lowest BCUT2D eigenvalue weighted by Crippen LogP contribution is -2.41. The smallest absolute Gasteiger partial charge is 0.334 e. The molecule has 1 aliphatic heterocycles. The van der Waals surface area contributed by atoms with E-state index in [1.54, 1.807) is 19.1 Å². The van der Waals surface area contributed by atoms with Crippen molar-refractivity contribution in [1.29, 1.82) is 5.26 Å². The molecule has 1 atom stereocenters. The van der Waals surface area contributed by atoms with Crippen molar-refractivity contribution in [3.8, 4) is 17.2 Å². The number of carboxylic acids is 1. The largest absolute Gasteiger partial charge is 0.480 e. The molecule has 1 aromatic heterocycles. The number of hydrogen-bond acceptors (Lipinski definition) is 6. The molecule has 12 heteroatoms. The van der Waals surface area contributed by atoms with Crippen LogP contribution in [0.5, 0.6) is 0 Å². The molecule has 2 heterocycles. The van der Waals surface area contributed by atoms with Crippen LogP contribution in [0, 0.1) is 23.0 Å². The molecule has 2 amide bonds. The third-order valence-corrected chi connectivity index (χ3v) is 6.21. The van der Waals surface area contributed by atoms with Crippen LogP contribution in [0.15, 0.2) is 42.6 Å². The summed E-state index contributed by atoms with van der Waals surface area (Å²) in [5.74, 6) is -2.80. The Labute approximate surface area is 222 Å². The van der Waals surface area contributed by atoms with Crippen LogP contribution < -0.4 is 20.4 Å². The minimum atomic E-state index is -1.02. The summed E-state index contributed by atoms with van der Waals surface area (Å²) >= 11 is 6.20.